The van der Waals surface area contributed by atoms with Crippen LogP contribution in [0.3, 0.4) is 0 Å². The minimum atomic E-state index is 0. The van der Waals surface area contributed by atoms with Gasteiger partial charge < -0.3 is 0 Å². The second kappa shape index (κ2) is 4.26. The summed E-state index contributed by atoms with van der Waals surface area (Å²) in [4.78, 5) is 0. The van der Waals surface area contributed by atoms with Crippen molar-refractivity contribution in [2.75, 3.05) is 0 Å². The van der Waals surface area contributed by atoms with Crippen molar-refractivity contribution >= 4 is 26.5 Å². The summed E-state index contributed by atoms with van der Waals surface area (Å²) in [6.45, 7) is 0. The second-order valence-electron chi connectivity index (χ2n) is 1.15. The maximum atomic E-state index is 2.21. The monoisotopic (exact) mass is 121 g/mol. The summed E-state index contributed by atoms with van der Waals surface area (Å²) in [5, 5.41) is 0. The molecule has 7 heavy (non-hydrogen) atoms. The number of rotatable bonds is 0. The van der Waals surface area contributed by atoms with E-state index in [1.807, 2.05) is 0 Å². The van der Waals surface area contributed by atoms with Crippen LogP contribution in [0.4, 0.5) is 0 Å². The Balaban J connectivity index is 0.000000360. The molecule has 0 atom stereocenters. The fourth-order valence-corrected chi connectivity index (χ4v) is 1.03. The zero-order valence-corrected chi connectivity index (χ0v) is 6.35. The zero-order chi connectivity index (χ0) is 4.24. The summed E-state index contributed by atoms with van der Waals surface area (Å²) in [6.07, 6.45) is 0. The molecule has 0 unspecified atom stereocenters. The normalized spacial score (nSPS) is 6.86. The molecule has 1 rings (SSSR count). The molecule has 0 bridgehead atoms. The van der Waals surface area contributed by atoms with Gasteiger partial charge in [0.25, 0.3) is 0 Å². The van der Waals surface area contributed by atoms with Gasteiger partial charge in [-0.2, -0.15) is 0 Å². The summed E-state index contributed by atoms with van der Waals surface area (Å²) in [5.41, 5.74) is 4.42. The first-order valence-corrected chi connectivity index (χ1v) is 3.33. The lowest BCUT2D eigenvalue weighted by molar-refractivity contribution is 1.87. The summed E-state index contributed by atoms with van der Waals surface area (Å²) in [6, 6.07) is 6.24. The Bertz CT molecular complexity index is 80.0. The van der Waals surface area contributed by atoms with E-state index >= 15 is 0 Å². The van der Waals surface area contributed by atoms with Crippen LogP contribution in [0.25, 0.3) is 0 Å². The fourth-order valence-electron chi connectivity index (χ4n) is 0.385. The van der Waals surface area contributed by atoms with Gasteiger partial charge in [0.2, 0.25) is 0 Å². The Morgan fingerprint density at radius 2 is 1.43 bits per heavy atom. The van der Waals surface area contributed by atoms with Gasteiger partial charge in [0.05, 0.1) is 0 Å². The van der Waals surface area contributed by atoms with Gasteiger partial charge in [0.1, 0.15) is 0 Å². The molecule has 1 aromatic rings. The van der Waals surface area contributed by atoms with Gasteiger partial charge in [0, 0.05) is 26.5 Å². The maximum absolute atomic E-state index is 2.21. The van der Waals surface area contributed by atoms with Crippen molar-refractivity contribution in [2.45, 2.75) is 0 Å². The first-order valence-electron chi connectivity index (χ1n) is 2.00. The summed E-state index contributed by atoms with van der Waals surface area (Å²) >= 11 is 0. The third kappa shape index (κ3) is 2.76. The number of hydrogen-bond acceptors (Lipinski definition) is 0. The van der Waals surface area contributed by atoms with E-state index in [0.717, 1.165) is 0 Å². The third-order valence-electron chi connectivity index (χ3n) is 0.667. The van der Waals surface area contributed by atoms with E-state index in [2.05, 4.69) is 29.6 Å². The van der Waals surface area contributed by atoms with Gasteiger partial charge in [-0.1, -0.05) is 29.6 Å². The van der Waals surface area contributed by atoms with Crippen LogP contribution in [-0.4, -0.2) is 26.5 Å². The van der Waals surface area contributed by atoms with Crippen molar-refractivity contribution in [3.8, 4) is 0 Å². The highest BCUT2D eigenvalue weighted by molar-refractivity contribution is 6.26. The molecular weight excluding hydrogens is 115 g/mol. The molecule has 0 aliphatic rings. The predicted octanol–water partition coefficient (Wildman–Crippen LogP) is 0.376. The van der Waals surface area contributed by atoms with Crippen molar-refractivity contribution in [2.24, 2.45) is 0 Å². The molecule has 0 fully saturated rings. The molecule has 0 aliphatic heterocycles. The highest BCUT2D eigenvalue weighted by atomic mass is 28.2. The van der Waals surface area contributed by atoms with Crippen LogP contribution >= 0.6 is 0 Å². The Hall–Kier alpha value is 0.0994. The van der Waals surface area contributed by atoms with E-state index in [9.17, 15) is 0 Å². The van der Waals surface area contributed by atoms with Crippen molar-refractivity contribution in [1.82, 2.24) is 0 Å². The minimum Gasteiger partial charge on any atom is -0.0805 e. The minimum absolute atomic E-state index is 0. The van der Waals surface area contributed by atoms with E-state index < -0.39 is 0 Å². The van der Waals surface area contributed by atoms with Gasteiger partial charge in [-0.15, -0.1) is 0 Å². The van der Waals surface area contributed by atoms with Crippen LogP contribution in [0.15, 0.2) is 29.6 Å². The van der Waals surface area contributed by atoms with Crippen LogP contribution in [0.2, 0.25) is 0 Å². The highest BCUT2D eigenvalue weighted by Gasteiger charge is 1.58. The first kappa shape index (κ1) is 7.10. The van der Waals surface area contributed by atoms with Crippen LogP contribution in [0, 0.1) is 0 Å². The van der Waals surface area contributed by atoms with Crippen molar-refractivity contribution in [1.29, 1.82) is 0 Å². The van der Waals surface area contributed by atoms with Gasteiger partial charge >= 0.3 is 0 Å². The molecule has 1 aromatic heterocycles. The quantitative estimate of drug-likeness (QED) is 0.435. The van der Waals surface area contributed by atoms with Gasteiger partial charge in [-0.25, -0.2) is 0 Å². The maximum Gasteiger partial charge on any atom is 0.0198 e. The molecule has 0 saturated heterocycles. The largest absolute Gasteiger partial charge is 0.0805 e. The highest BCUT2D eigenvalue weighted by Crippen LogP contribution is 1.73. The molecule has 0 N–H and O–H groups in total. The van der Waals surface area contributed by atoms with Crippen LogP contribution in [0.1, 0.15) is 0 Å². The molecule has 0 saturated carbocycles. The summed E-state index contributed by atoms with van der Waals surface area (Å²) < 4.78 is 0. The van der Waals surface area contributed by atoms with E-state index in [1.54, 1.807) is 0 Å². The third-order valence-corrected chi connectivity index (χ3v) is 1.56. The SMILES string of the molecule is [Al].c1cc[siH]cc1. The average Bonchev–Trinajstić information content (AvgIpc) is 1.72. The molecule has 0 aliphatic carbocycles. The Labute approximate surface area is 56.4 Å². The Kier molecular flexibility index (Phi) is 4.32. The predicted molar refractivity (Wildman–Crippen MR) is 34.9 cm³/mol. The fraction of sp³-hybridized carbons (Fsp3) is 0. The van der Waals surface area contributed by atoms with E-state index in [4.69, 9.17) is 0 Å². The summed E-state index contributed by atoms with van der Waals surface area (Å²) in [7, 11) is 0.513. The van der Waals surface area contributed by atoms with Crippen LogP contribution in [0.5, 0.6) is 0 Å². The first-order chi connectivity index (χ1) is 3.00. The standard InChI is InChI=1S/C5H6Si.Al/c1-2-4-6-5-3-1;/h1-6H;. The van der Waals surface area contributed by atoms with E-state index in [1.165, 1.54) is 0 Å². The molecule has 3 radical (unpaired) electrons. The van der Waals surface area contributed by atoms with E-state index in [0.29, 0.717) is 9.12 Å². The van der Waals surface area contributed by atoms with Crippen molar-refractivity contribution in [3.63, 3.8) is 0 Å². The smallest absolute Gasteiger partial charge is 0.0198 e. The van der Waals surface area contributed by atoms with Crippen LogP contribution in [-0.2, 0) is 0 Å². The lowest BCUT2D eigenvalue weighted by Gasteiger charge is -1.69. The molecule has 1 heterocycles. The molecule has 0 amide bonds. The topological polar surface area (TPSA) is 0 Å². The van der Waals surface area contributed by atoms with Crippen LogP contribution < -0.4 is 0 Å². The average molecular weight is 121 g/mol. The summed E-state index contributed by atoms with van der Waals surface area (Å²) in [5.74, 6) is 0. The molecule has 33 valence electrons. The second-order valence-corrected chi connectivity index (χ2v) is 2.31. The lowest BCUT2D eigenvalue weighted by atomic mass is 10.6. The molecule has 0 nitrogen and oxygen atoms in total. The molecule has 0 aromatic carbocycles. The van der Waals surface area contributed by atoms with Crippen molar-refractivity contribution < 1.29 is 0 Å². The lowest BCUT2D eigenvalue weighted by Crippen LogP contribution is -1.60. The zero-order valence-electron chi connectivity index (χ0n) is 4.04. The van der Waals surface area contributed by atoms with Gasteiger partial charge in [-0.3, -0.25) is 0 Å². The molecular formula is C5H6AlSi. The Morgan fingerprint density at radius 1 is 0.857 bits per heavy atom. The molecule has 0 spiro atoms. The van der Waals surface area contributed by atoms with Gasteiger partial charge in [0.15, 0.2) is 0 Å². The Morgan fingerprint density at radius 3 is 1.57 bits per heavy atom. The van der Waals surface area contributed by atoms with Crippen molar-refractivity contribution in [3.05, 3.63) is 29.6 Å². The van der Waals surface area contributed by atoms with E-state index in [-0.39, 0.29) is 17.4 Å². The number of hydrogen-bond donors (Lipinski definition) is 0. The molecule has 2 heteroatoms. The van der Waals surface area contributed by atoms with Gasteiger partial charge in [-0.05, 0) is 0 Å².